The molecule has 1 nitrogen and oxygen atoms in total. The van der Waals surface area contributed by atoms with E-state index < -0.39 is 5.44 Å². The van der Waals surface area contributed by atoms with Crippen molar-refractivity contribution < 1.29 is 25.2 Å². The molecule has 0 spiro atoms. The molecule has 0 saturated carbocycles. The minimum absolute atomic E-state index is 0.106. The van der Waals surface area contributed by atoms with Gasteiger partial charge < -0.3 is 0 Å². The van der Waals surface area contributed by atoms with Crippen LogP contribution in [0.5, 0.6) is 0 Å². The van der Waals surface area contributed by atoms with Gasteiger partial charge in [-0.25, -0.2) is 0 Å². The molecule has 0 amide bonds. The molecule has 38 valence electrons. The molecule has 0 bridgehead atoms. The zero-order valence-corrected chi connectivity index (χ0v) is 6.59. The second kappa shape index (κ2) is 2.58. The van der Waals surface area contributed by atoms with Crippen molar-refractivity contribution in [2.75, 3.05) is 0 Å². The molecule has 0 aromatic heterocycles. The summed E-state index contributed by atoms with van der Waals surface area (Å²) in [7, 11) is 0. The quantitative estimate of drug-likeness (QED) is 0.377. The van der Waals surface area contributed by atoms with E-state index in [1.165, 1.54) is 0 Å². The van der Waals surface area contributed by atoms with E-state index in [2.05, 4.69) is 0 Å². The van der Waals surface area contributed by atoms with Gasteiger partial charge in [-0.3, -0.25) is 0 Å². The molecule has 0 radical (unpaired) electrons. The summed E-state index contributed by atoms with van der Waals surface area (Å²) in [4.78, 5) is 0. The molecule has 0 aromatic rings. The van der Waals surface area contributed by atoms with Crippen molar-refractivity contribution >= 4 is 5.44 Å². The predicted octanol–water partition coefficient (Wildman–Crippen LogP) is -1.14. The summed E-state index contributed by atoms with van der Waals surface area (Å²) in [5.41, 5.74) is -0.899. The maximum atomic E-state index is 10.5. The summed E-state index contributed by atoms with van der Waals surface area (Å²) in [5.74, 6) is 1.78. The first kappa shape index (κ1) is 5.45. The summed E-state index contributed by atoms with van der Waals surface area (Å²) < 4.78 is 12.5. The number of halogens is 1. The Morgan fingerprint density at radius 3 is 2.57 bits per heavy atom. The van der Waals surface area contributed by atoms with Gasteiger partial charge in [0.05, 0.1) is 0 Å². The Bertz CT molecular complexity index is 139. The monoisotopic (exact) mass is 226 g/mol. The molecule has 0 saturated heterocycles. The van der Waals surface area contributed by atoms with E-state index in [9.17, 15) is 4.57 Å². The molecule has 1 aliphatic heterocycles. The first-order valence-electron chi connectivity index (χ1n) is 1.83. The van der Waals surface area contributed by atoms with Crippen molar-refractivity contribution in [3.63, 3.8) is 0 Å². The Kier molecular flexibility index (Phi) is 2.00. The molecule has 0 fully saturated rings. The summed E-state index contributed by atoms with van der Waals surface area (Å²) in [6.45, 7) is 0. The van der Waals surface area contributed by atoms with Gasteiger partial charge in [-0.05, 0) is 0 Å². The molecule has 1 unspecified atom stereocenters. The molecule has 1 heterocycles. The van der Waals surface area contributed by atoms with E-state index in [0.29, 0.717) is 0 Å². The fourth-order valence-corrected chi connectivity index (χ4v) is 3.62. The Morgan fingerprint density at radius 2 is 2.29 bits per heavy atom. The molecule has 1 rings (SSSR count). The molecule has 3 heteroatoms. The van der Waals surface area contributed by atoms with Crippen LogP contribution in [0.25, 0.3) is 0 Å². The van der Waals surface area contributed by atoms with Crippen LogP contribution in [0.1, 0.15) is 0 Å². The Balaban J connectivity index is 2.66. The van der Waals surface area contributed by atoms with Crippen LogP contribution in [0.15, 0.2) is 22.1 Å². The topological polar surface area (TPSA) is 17.1 Å². The average molecular weight is 226 g/mol. The van der Waals surface area contributed by atoms with E-state index in [-0.39, 0.29) is 20.7 Å². The number of hydrogen-bond acceptors (Lipinski definition) is 1. The van der Waals surface area contributed by atoms with E-state index in [1.54, 1.807) is 5.82 Å². The maximum absolute atomic E-state index is 10.5. The standard InChI is InChI=1S/C4H4IOP/c6-7-4-2-1-3-5-7/h1-4H. The molecule has 1 aliphatic rings. The van der Waals surface area contributed by atoms with Crippen molar-refractivity contribution in [1.29, 1.82) is 0 Å². The number of allylic oxidation sites excluding steroid dienone is 2. The summed E-state index contributed by atoms with van der Waals surface area (Å²) in [6, 6.07) is 0. The van der Waals surface area contributed by atoms with Gasteiger partial charge in [0.2, 0.25) is 0 Å². The summed E-state index contributed by atoms with van der Waals surface area (Å²) in [6.07, 6.45) is 3.81. The predicted molar refractivity (Wildman–Crippen MR) is 25.9 cm³/mol. The summed E-state index contributed by atoms with van der Waals surface area (Å²) in [5, 5.41) is 0. The van der Waals surface area contributed by atoms with Crippen molar-refractivity contribution in [1.82, 2.24) is 0 Å². The SMILES string of the molecule is O=[P+]1C=CC=C[I-]1. The zero-order valence-electron chi connectivity index (χ0n) is 3.54. The molecular formula is C4H4IOP. The Labute approximate surface area is 52.9 Å². The fraction of sp³-hybridized carbons (Fsp3) is 0. The second-order valence-corrected chi connectivity index (χ2v) is 7.31. The van der Waals surface area contributed by atoms with E-state index >= 15 is 0 Å². The van der Waals surface area contributed by atoms with Crippen LogP contribution in [0, 0.1) is 0 Å². The van der Waals surface area contributed by atoms with Gasteiger partial charge in [0.15, 0.2) is 0 Å². The molecule has 0 N–H and O–H groups in total. The third-order valence-corrected chi connectivity index (χ3v) is 5.24. The van der Waals surface area contributed by atoms with Crippen molar-refractivity contribution in [3.05, 3.63) is 22.1 Å². The summed E-state index contributed by atoms with van der Waals surface area (Å²) >= 11 is -0.106. The number of rotatable bonds is 0. The zero-order chi connectivity index (χ0) is 5.11. The van der Waals surface area contributed by atoms with Crippen LogP contribution >= 0.6 is 5.44 Å². The van der Waals surface area contributed by atoms with Crippen LogP contribution in [0.4, 0.5) is 0 Å². The van der Waals surface area contributed by atoms with Gasteiger partial charge in [0.1, 0.15) is 0 Å². The molecule has 0 aromatic carbocycles. The Hall–Kier alpha value is 0.310. The van der Waals surface area contributed by atoms with E-state index in [4.69, 9.17) is 0 Å². The first-order valence-corrected chi connectivity index (χ1v) is 7.19. The van der Waals surface area contributed by atoms with Gasteiger partial charge >= 0.3 is 52.7 Å². The van der Waals surface area contributed by atoms with Crippen LogP contribution in [0.3, 0.4) is 0 Å². The third-order valence-electron chi connectivity index (χ3n) is 0.540. The van der Waals surface area contributed by atoms with E-state index in [1.807, 2.05) is 16.2 Å². The van der Waals surface area contributed by atoms with Gasteiger partial charge in [0.25, 0.3) is 0 Å². The minimum atomic E-state index is -0.899. The van der Waals surface area contributed by atoms with Crippen molar-refractivity contribution in [2.24, 2.45) is 0 Å². The normalized spacial score (nSPS) is 24.3. The van der Waals surface area contributed by atoms with Crippen molar-refractivity contribution in [2.45, 2.75) is 0 Å². The average Bonchev–Trinajstić information content (AvgIpc) is 1.69. The van der Waals surface area contributed by atoms with Gasteiger partial charge in [-0.2, -0.15) is 0 Å². The van der Waals surface area contributed by atoms with Gasteiger partial charge in [0, 0.05) is 0 Å². The van der Waals surface area contributed by atoms with Crippen LogP contribution in [-0.4, -0.2) is 0 Å². The fourth-order valence-electron chi connectivity index (χ4n) is 0.280. The first-order chi connectivity index (χ1) is 3.39. The van der Waals surface area contributed by atoms with Crippen LogP contribution < -0.4 is 20.7 Å². The van der Waals surface area contributed by atoms with Crippen LogP contribution in [0.2, 0.25) is 0 Å². The van der Waals surface area contributed by atoms with Gasteiger partial charge in [-0.15, -0.1) is 0 Å². The number of hydrogen-bond donors (Lipinski definition) is 0. The third kappa shape index (κ3) is 1.70. The molecular weight excluding hydrogens is 222 g/mol. The second-order valence-electron chi connectivity index (χ2n) is 1.03. The molecule has 1 atom stereocenters. The Morgan fingerprint density at radius 1 is 1.43 bits per heavy atom. The van der Waals surface area contributed by atoms with Crippen molar-refractivity contribution in [3.8, 4) is 0 Å². The van der Waals surface area contributed by atoms with Crippen LogP contribution in [-0.2, 0) is 4.57 Å². The van der Waals surface area contributed by atoms with Gasteiger partial charge in [-0.1, -0.05) is 0 Å². The molecule has 7 heavy (non-hydrogen) atoms. The van der Waals surface area contributed by atoms with E-state index in [0.717, 1.165) is 0 Å². The molecule has 0 aliphatic carbocycles.